The molecule has 1 aromatic rings. The predicted molar refractivity (Wildman–Crippen MR) is 117 cm³/mol. The first-order chi connectivity index (χ1) is 13.0. The number of anilines is 1. The molecular formula is C22H29N3O2S. The Bertz CT molecular complexity index is 877. The summed E-state index contributed by atoms with van der Waals surface area (Å²) in [4.78, 5) is 30.5. The number of aryl methyl sites for hydroxylation is 1. The minimum absolute atomic E-state index is 0.101. The lowest BCUT2D eigenvalue weighted by molar-refractivity contribution is -0.132. The van der Waals surface area contributed by atoms with E-state index in [0.29, 0.717) is 5.92 Å². The second-order valence-corrected chi connectivity index (χ2v) is 8.86. The number of fused-ring (bicyclic) bond motifs is 1. The summed E-state index contributed by atoms with van der Waals surface area (Å²) in [5.41, 5.74) is 4.73. The number of hydrogen-bond donors (Lipinski definition) is 0. The standard InChI is InChI=1S/C22H29N3O2S/c1-8-25-18-9-13(2)15(10-16(18)14(3)12-22(25,4)5)11-17-19(26)23(6)21(28)24(7)20(17)27/h9-11,14H,8,12H2,1-7H3/t14-/m1/s1. The van der Waals surface area contributed by atoms with E-state index in [0.717, 1.165) is 24.1 Å². The fraction of sp³-hybridized carbons (Fsp3) is 0.500. The molecule has 0 radical (unpaired) electrons. The summed E-state index contributed by atoms with van der Waals surface area (Å²) in [7, 11) is 3.20. The molecule has 2 heterocycles. The SMILES string of the molecule is CCN1c2cc(C)c(C=C3C(=O)N(C)C(=S)N(C)C3=O)cc2[C@H](C)CC1(C)C. The van der Waals surface area contributed by atoms with Crippen molar-refractivity contribution in [2.75, 3.05) is 25.5 Å². The highest BCUT2D eigenvalue weighted by Gasteiger charge is 2.37. The van der Waals surface area contributed by atoms with Crippen molar-refractivity contribution in [3.8, 4) is 0 Å². The van der Waals surface area contributed by atoms with Crippen LogP contribution >= 0.6 is 12.2 Å². The molecule has 0 aliphatic carbocycles. The molecule has 0 aromatic heterocycles. The molecule has 0 saturated carbocycles. The van der Waals surface area contributed by atoms with Gasteiger partial charge in [-0.25, -0.2) is 0 Å². The fourth-order valence-electron chi connectivity index (χ4n) is 4.54. The van der Waals surface area contributed by atoms with Gasteiger partial charge in [-0.2, -0.15) is 0 Å². The van der Waals surface area contributed by atoms with E-state index in [1.807, 2.05) is 6.92 Å². The van der Waals surface area contributed by atoms with Crippen LogP contribution in [0.3, 0.4) is 0 Å². The lowest BCUT2D eigenvalue weighted by Crippen LogP contribution is -2.52. The molecule has 6 heteroatoms. The second kappa shape index (κ2) is 6.99. The van der Waals surface area contributed by atoms with Crippen molar-refractivity contribution in [2.24, 2.45) is 0 Å². The molecule has 0 spiro atoms. The number of rotatable bonds is 2. The molecule has 1 saturated heterocycles. The maximum absolute atomic E-state index is 12.7. The van der Waals surface area contributed by atoms with E-state index in [1.165, 1.54) is 21.1 Å². The predicted octanol–water partition coefficient (Wildman–Crippen LogP) is 3.71. The van der Waals surface area contributed by atoms with Crippen LogP contribution in [0.5, 0.6) is 0 Å². The second-order valence-electron chi connectivity index (χ2n) is 8.50. The maximum atomic E-state index is 12.7. The molecule has 28 heavy (non-hydrogen) atoms. The Morgan fingerprint density at radius 2 is 1.75 bits per heavy atom. The number of hydrogen-bond acceptors (Lipinski definition) is 4. The zero-order valence-corrected chi connectivity index (χ0v) is 18.6. The number of carbonyl (C=O) groups is 2. The first-order valence-corrected chi connectivity index (χ1v) is 10.1. The number of benzene rings is 1. The van der Waals surface area contributed by atoms with Gasteiger partial charge in [-0.15, -0.1) is 0 Å². The number of amides is 2. The average Bonchev–Trinajstić information content (AvgIpc) is 2.62. The van der Waals surface area contributed by atoms with Gasteiger partial charge in [-0.3, -0.25) is 19.4 Å². The zero-order valence-electron chi connectivity index (χ0n) is 17.8. The van der Waals surface area contributed by atoms with E-state index >= 15 is 0 Å². The van der Waals surface area contributed by atoms with E-state index in [9.17, 15) is 9.59 Å². The Hall–Kier alpha value is -2.21. The summed E-state index contributed by atoms with van der Waals surface area (Å²) in [6.45, 7) is 12.0. The van der Waals surface area contributed by atoms with Gasteiger partial charge in [0.25, 0.3) is 11.8 Å². The fourth-order valence-corrected chi connectivity index (χ4v) is 4.70. The monoisotopic (exact) mass is 399 g/mol. The van der Waals surface area contributed by atoms with Crippen molar-refractivity contribution in [1.29, 1.82) is 0 Å². The number of thiocarbonyl (C=S) groups is 1. The molecule has 150 valence electrons. The summed E-state index contributed by atoms with van der Waals surface area (Å²) in [6, 6.07) is 4.34. The Kier molecular flexibility index (Phi) is 5.13. The van der Waals surface area contributed by atoms with Crippen molar-refractivity contribution in [3.05, 3.63) is 34.4 Å². The summed E-state index contributed by atoms with van der Waals surface area (Å²) in [6.07, 6.45) is 2.78. The largest absolute Gasteiger partial charge is 0.366 e. The minimum atomic E-state index is -0.352. The molecule has 3 rings (SSSR count). The summed E-state index contributed by atoms with van der Waals surface area (Å²) >= 11 is 5.17. The van der Waals surface area contributed by atoms with Gasteiger partial charge in [0.15, 0.2) is 5.11 Å². The Morgan fingerprint density at radius 1 is 1.18 bits per heavy atom. The van der Waals surface area contributed by atoms with Crippen molar-refractivity contribution in [2.45, 2.75) is 52.5 Å². The lowest BCUT2D eigenvalue weighted by Gasteiger charge is -2.47. The summed E-state index contributed by atoms with van der Waals surface area (Å²) in [5.74, 6) is -0.301. The van der Waals surface area contributed by atoms with Crippen LogP contribution in [0.4, 0.5) is 5.69 Å². The molecular weight excluding hydrogens is 370 g/mol. The zero-order chi connectivity index (χ0) is 21.0. The van der Waals surface area contributed by atoms with Crippen molar-refractivity contribution in [3.63, 3.8) is 0 Å². The molecule has 1 fully saturated rings. The lowest BCUT2D eigenvalue weighted by atomic mass is 9.79. The van der Waals surface area contributed by atoms with Crippen LogP contribution in [0.25, 0.3) is 6.08 Å². The molecule has 2 aliphatic heterocycles. The quantitative estimate of drug-likeness (QED) is 0.432. The smallest absolute Gasteiger partial charge is 0.265 e. The number of likely N-dealkylation sites (N-methyl/N-ethyl adjacent to an activating group) is 2. The number of carbonyl (C=O) groups excluding carboxylic acids is 2. The van der Waals surface area contributed by atoms with E-state index < -0.39 is 0 Å². The van der Waals surface area contributed by atoms with E-state index in [1.54, 1.807) is 20.2 Å². The van der Waals surface area contributed by atoms with Crippen molar-refractivity contribution in [1.82, 2.24) is 9.80 Å². The van der Waals surface area contributed by atoms with E-state index in [4.69, 9.17) is 12.2 Å². The average molecular weight is 400 g/mol. The minimum Gasteiger partial charge on any atom is -0.366 e. The van der Waals surface area contributed by atoms with Crippen LogP contribution in [0.15, 0.2) is 17.7 Å². The molecule has 2 aliphatic rings. The molecule has 0 N–H and O–H groups in total. The van der Waals surface area contributed by atoms with Crippen LogP contribution in [0.2, 0.25) is 0 Å². The van der Waals surface area contributed by atoms with Gasteiger partial charge < -0.3 is 4.90 Å². The first-order valence-electron chi connectivity index (χ1n) is 9.73. The highest BCUT2D eigenvalue weighted by Crippen LogP contribution is 2.44. The molecule has 1 aromatic carbocycles. The van der Waals surface area contributed by atoms with Crippen LogP contribution in [-0.2, 0) is 9.59 Å². The maximum Gasteiger partial charge on any atom is 0.265 e. The molecule has 5 nitrogen and oxygen atoms in total. The van der Waals surface area contributed by atoms with Gasteiger partial charge in [-0.05, 0) is 87.2 Å². The Morgan fingerprint density at radius 3 is 2.29 bits per heavy atom. The number of nitrogens with zero attached hydrogens (tertiary/aromatic N) is 3. The Labute approximate surface area is 173 Å². The Balaban J connectivity index is 2.12. The summed E-state index contributed by atoms with van der Waals surface area (Å²) in [5, 5.41) is 0.226. The third-order valence-electron chi connectivity index (χ3n) is 6.03. The highest BCUT2D eigenvalue weighted by molar-refractivity contribution is 7.80. The highest BCUT2D eigenvalue weighted by atomic mass is 32.1. The van der Waals surface area contributed by atoms with Crippen LogP contribution < -0.4 is 4.90 Å². The molecule has 0 bridgehead atoms. The molecule has 0 unspecified atom stereocenters. The molecule has 1 atom stereocenters. The van der Waals surface area contributed by atoms with E-state index in [-0.39, 0.29) is 28.0 Å². The van der Waals surface area contributed by atoms with Gasteiger partial charge in [-0.1, -0.05) is 6.92 Å². The van der Waals surface area contributed by atoms with Gasteiger partial charge in [0.2, 0.25) is 0 Å². The van der Waals surface area contributed by atoms with Gasteiger partial charge in [0, 0.05) is 31.9 Å². The van der Waals surface area contributed by atoms with Crippen molar-refractivity contribution < 1.29 is 9.59 Å². The van der Waals surface area contributed by atoms with Gasteiger partial charge in [0.1, 0.15) is 5.57 Å². The van der Waals surface area contributed by atoms with Crippen LogP contribution in [0, 0.1) is 6.92 Å². The third kappa shape index (κ3) is 3.13. The van der Waals surface area contributed by atoms with E-state index in [2.05, 4.69) is 44.7 Å². The molecule has 2 amide bonds. The van der Waals surface area contributed by atoms with Gasteiger partial charge in [0.05, 0.1) is 0 Å². The van der Waals surface area contributed by atoms with Crippen molar-refractivity contribution >= 4 is 40.9 Å². The van der Waals surface area contributed by atoms with Crippen LogP contribution in [0.1, 0.15) is 56.7 Å². The van der Waals surface area contributed by atoms with Crippen LogP contribution in [-0.4, -0.2) is 52.9 Å². The topological polar surface area (TPSA) is 43.9 Å². The summed E-state index contributed by atoms with van der Waals surface area (Å²) < 4.78 is 0. The van der Waals surface area contributed by atoms with Gasteiger partial charge >= 0.3 is 0 Å². The third-order valence-corrected chi connectivity index (χ3v) is 6.58. The normalized spacial score (nSPS) is 22.0. The first kappa shape index (κ1) is 20.5.